The molecule has 0 saturated carbocycles. The Kier molecular flexibility index (Phi) is 3.38. The monoisotopic (exact) mass is 249 g/mol. The van der Waals surface area contributed by atoms with E-state index in [2.05, 4.69) is 15.4 Å². The Morgan fingerprint density at radius 2 is 2.11 bits per heavy atom. The number of tetrazole rings is 1. The Hall–Kier alpha value is -1.82. The number of hydrogen-bond donors (Lipinski definition) is 1. The van der Waals surface area contributed by atoms with E-state index in [9.17, 15) is 4.39 Å². The number of rotatable bonds is 4. The van der Waals surface area contributed by atoms with Gasteiger partial charge in [0.1, 0.15) is 5.82 Å². The first-order valence-corrected chi connectivity index (χ1v) is 5.82. The van der Waals surface area contributed by atoms with Crippen LogP contribution in [0.4, 0.5) is 4.39 Å². The van der Waals surface area contributed by atoms with Crippen LogP contribution in [0.1, 0.15) is 24.7 Å². The fraction of sp³-hybridized carbons (Fsp3) is 0.417. The van der Waals surface area contributed by atoms with Gasteiger partial charge in [0.2, 0.25) is 0 Å². The molecule has 1 aromatic carbocycles. The van der Waals surface area contributed by atoms with Crippen LogP contribution in [0.15, 0.2) is 24.3 Å². The van der Waals surface area contributed by atoms with Crippen LogP contribution < -0.4 is 5.73 Å². The molecule has 2 aromatic rings. The maximum absolute atomic E-state index is 13.8. The zero-order valence-electron chi connectivity index (χ0n) is 10.5. The lowest BCUT2D eigenvalue weighted by Gasteiger charge is -2.27. The summed E-state index contributed by atoms with van der Waals surface area (Å²) in [5.41, 5.74) is 5.98. The van der Waals surface area contributed by atoms with Crippen molar-refractivity contribution in [1.29, 1.82) is 0 Å². The number of benzene rings is 1. The standard InChI is InChI=1S/C12H16FN5/c1-3-12(14,8-11-15-17-18(2)16-11)9-6-4-5-7-10(9)13/h4-7H,3,8,14H2,1-2H3. The fourth-order valence-electron chi connectivity index (χ4n) is 1.95. The van der Waals surface area contributed by atoms with E-state index in [0.29, 0.717) is 24.2 Å². The average molecular weight is 249 g/mol. The molecule has 0 saturated heterocycles. The smallest absolute Gasteiger partial charge is 0.176 e. The Balaban J connectivity index is 2.33. The summed E-state index contributed by atoms with van der Waals surface area (Å²) >= 11 is 0. The van der Waals surface area contributed by atoms with Crippen molar-refractivity contribution in [1.82, 2.24) is 20.2 Å². The highest BCUT2D eigenvalue weighted by atomic mass is 19.1. The molecule has 5 nitrogen and oxygen atoms in total. The molecule has 0 amide bonds. The zero-order valence-corrected chi connectivity index (χ0v) is 10.5. The molecule has 1 atom stereocenters. The minimum atomic E-state index is -0.811. The average Bonchev–Trinajstić information content (AvgIpc) is 2.75. The van der Waals surface area contributed by atoms with Crippen molar-refractivity contribution in [2.45, 2.75) is 25.3 Å². The third-order valence-electron chi connectivity index (χ3n) is 3.06. The van der Waals surface area contributed by atoms with Crippen LogP contribution in [0, 0.1) is 5.82 Å². The first kappa shape index (κ1) is 12.6. The molecule has 0 aliphatic rings. The normalized spacial score (nSPS) is 14.4. The first-order valence-electron chi connectivity index (χ1n) is 5.82. The van der Waals surface area contributed by atoms with Crippen molar-refractivity contribution < 1.29 is 4.39 Å². The summed E-state index contributed by atoms with van der Waals surface area (Å²) in [6.45, 7) is 1.92. The third kappa shape index (κ3) is 2.38. The third-order valence-corrected chi connectivity index (χ3v) is 3.06. The molecular weight excluding hydrogens is 233 g/mol. The minimum Gasteiger partial charge on any atom is -0.321 e. The van der Waals surface area contributed by atoms with E-state index in [4.69, 9.17) is 5.73 Å². The van der Waals surface area contributed by atoms with Crippen molar-refractivity contribution in [2.24, 2.45) is 12.8 Å². The molecule has 0 radical (unpaired) electrons. The van der Waals surface area contributed by atoms with Gasteiger partial charge in [0, 0.05) is 12.0 Å². The van der Waals surface area contributed by atoms with Crippen LogP contribution in [0.25, 0.3) is 0 Å². The van der Waals surface area contributed by atoms with Gasteiger partial charge < -0.3 is 5.73 Å². The van der Waals surface area contributed by atoms with E-state index in [0.717, 1.165) is 0 Å². The van der Waals surface area contributed by atoms with Gasteiger partial charge in [0.05, 0.1) is 12.6 Å². The molecular formula is C12H16FN5. The molecule has 96 valence electrons. The highest BCUT2D eigenvalue weighted by molar-refractivity contribution is 5.26. The second-order valence-electron chi connectivity index (χ2n) is 4.36. The van der Waals surface area contributed by atoms with E-state index in [1.807, 2.05) is 6.92 Å². The summed E-state index contributed by atoms with van der Waals surface area (Å²) < 4.78 is 13.8. The maximum Gasteiger partial charge on any atom is 0.176 e. The number of aromatic nitrogens is 4. The summed E-state index contributed by atoms with van der Waals surface area (Å²) in [5.74, 6) is 0.218. The molecule has 18 heavy (non-hydrogen) atoms. The molecule has 1 heterocycles. The van der Waals surface area contributed by atoms with Crippen molar-refractivity contribution in [3.8, 4) is 0 Å². The molecule has 2 N–H and O–H groups in total. The van der Waals surface area contributed by atoms with E-state index >= 15 is 0 Å². The topological polar surface area (TPSA) is 69.6 Å². The quantitative estimate of drug-likeness (QED) is 0.882. The van der Waals surface area contributed by atoms with Crippen LogP contribution >= 0.6 is 0 Å². The van der Waals surface area contributed by atoms with E-state index in [1.54, 1.807) is 25.2 Å². The van der Waals surface area contributed by atoms with Crippen LogP contribution in [-0.2, 0) is 19.0 Å². The van der Waals surface area contributed by atoms with Crippen LogP contribution in [-0.4, -0.2) is 20.2 Å². The molecule has 0 bridgehead atoms. The van der Waals surface area contributed by atoms with Crippen LogP contribution in [0.3, 0.4) is 0 Å². The van der Waals surface area contributed by atoms with Gasteiger partial charge in [-0.15, -0.1) is 10.2 Å². The molecule has 0 aliphatic carbocycles. The molecule has 1 aromatic heterocycles. The number of halogens is 1. The highest BCUT2D eigenvalue weighted by Crippen LogP contribution is 2.27. The predicted octanol–water partition coefficient (Wildman–Crippen LogP) is 1.16. The van der Waals surface area contributed by atoms with Gasteiger partial charge in [-0.05, 0) is 17.7 Å². The maximum atomic E-state index is 13.8. The van der Waals surface area contributed by atoms with Crippen molar-refractivity contribution in [3.63, 3.8) is 0 Å². The van der Waals surface area contributed by atoms with Gasteiger partial charge >= 0.3 is 0 Å². The SMILES string of the molecule is CCC(N)(Cc1nnn(C)n1)c1ccccc1F. The highest BCUT2D eigenvalue weighted by Gasteiger charge is 2.30. The summed E-state index contributed by atoms with van der Waals surface area (Å²) in [7, 11) is 1.68. The number of nitrogens with zero attached hydrogens (tertiary/aromatic N) is 4. The Morgan fingerprint density at radius 1 is 1.39 bits per heavy atom. The van der Waals surface area contributed by atoms with Crippen LogP contribution in [0.2, 0.25) is 0 Å². The lowest BCUT2D eigenvalue weighted by Crippen LogP contribution is -2.39. The molecule has 2 rings (SSSR count). The van der Waals surface area contributed by atoms with Crippen molar-refractivity contribution in [3.05, 3.63) is 41.5 Å². The summed E-state index contributed by atoms with van der Waals surface area (Å²) in [6.07, 6.45) is 0.949. The van der Waals surface area contributed by atoms with Crippen molar-refractivity contribution in [2.75, 3.05) is 0 Å². The molecule has 0 fully saturated rings. The van der Waals surface area contributed by atoms with E-state index < -0.39 is 5.54 Å². The number of nitrogens with two attached hydrogens (primary N) is 1. The van der Waals surface area contributed by atoms with Gasteiger partial charge in [-0.3, -0.25) is 0 Å². The summed E-state index contributed by atoms with van der Waals surface area (Å²) in [6, 6.07) is 6.54. The number of aryl methyl sites for hydroxylation is 1. The van der Waals surface area contributed by atoms with Gasteiger partial charge in [0.25, 0.3) is 0 Å². The minimum absolute atomic E-state index is 0.300. The molecule has 0 spiro atoms. The van der Waals surface area contributed by atoms with Gasteiger partial charge in [-0.1, -0.05) is 25.1 Å². The zero-order chi connectivity index (χ0) is 13.2. The summed E-state index contributed by atoms with van der Waals surface area (Å²) in [4.78, 5) is 1.37. The first-order chi connectivity index (χ1) is 8.55. The lowest BCUT2D eigenvalue weighted by atomic mass is 9.84. The molecule has 6 heteroatoms. The number of hydrogen-bond acceptors (Lipinski definition) is 4. The molecule has 1 unspecified atom stereocenters. The Bertz CT molecular complexity index is 539. The largest absolute Gasteiger partial charge is 0.321 e. The van der Waals surface area contributed by atoms with E-state index in [1.165, 1.54) is 10.9 Å². The van der Waals surface area contributed by atoms with Gasteiger partial charge in [0.15, 0.2) is 5.82 Å². The Morgan fingerprint density at radius 3 is 2.67 bits per heavy atom. The Labute approximate surface area is 105 Å². The fourth-order valence-corrected chi connectivity index (χ4v) is 1.95. The molecule has 0 aliphatic heterocycles. The van der Waals surface area contributed by atoms with E-state index in [-0.39, 0.29) is 5.82 Å². The predicted molar refractivity (Wildman–Crippen MR) is 65.1 cm³/mol. The van der Waals surface area contributed by atoms with Gasteiger partial charge in [-0.2, -0.15) is 4.80 Å². The second kappa shape index (κ2) is 4.81. The lowest BCUT2D eigenvalue weighted by molar-refractivity contribution is 0.394. The van der Waals surface area contributed by atoms with Gasteiger partial charge in [-0.25, -0.2) is 4.39 Å². The summed E-state index contributed by atoms with van der Waals surface area (Å²) in [5, 5.41) is 11.8. The second-order valence-corrected chi connectivity index (χ2v) is 4.36. The van der Waals surface area contributed by atoms with Crippen LogP contribution in [0.5, 0.6) is 0 Å². The van der Waals surface area contributed by atoms with Crippen molar-refractivity contribution >= 4 is 0 Å².